The fraction of sp³-hybridized carbons (Fsp3) is 0.458. The van der Waals surface area contributed by atoms with Crippen LogP contribution in [0.15, 0.2) is 17.2 Å². The molecule has 6 heteroatoms. The Hall–Kier alpha value is -2.76. The lowest BCUT2D eigenvalue weighted by atomic mass is 9.78. The second-order valence-electron chi connectivity index (χ2n) is 9.17. The first-order valence-corrected chi connectivity index (χ1v) is 10.7. The first-order chi connectivity index (χ1) is 14.4. The van der Waals surface area contributed by atoms with Crippen molar-refractivity contribution in [2.45, 2.75) is 58.5 Å². The summed E-state index contributed by atoms with van der Waals surface area (Å²) in [5, 5.41) is 1.09. The van der Waals surface area contributed by atoms with Crippen LogP contribution < -0.4 is 0 Å². The second-order valence-corrected chi connectivity index (χ2v) is 9.17. The van der Waals surface area contributed by atoms with Crippen molar-refractivity contribution in [3.63, 3.8) is 0 Å². The molecule has 2 aromatic rings. The third-order valence-electron chi connectivity index (χ3n) is 7.67. The maximum atomic E-state index is 14.6. The third kappa shape index (κ3) is 2.14. The van der Waals surface area contributed by atoms with Gasteiger partial charge in [0.05, 0.1) is 28.7 Å². The van der Waals surface area contributed by atoms with Gasteiger partial charge in [0.25, 0.3) is 5.91 Å². The van der Waals surface area contributed by atoms with Gasteiger partial charge in [-0.25, -0.2) is 4.39 Å². The Bertz CT molecular complexity index is 1220. The fourth-order valence-corrected chi connectivity index (χ4v) is 5.96. The van der Waals surface area contributed by atoms with E-state index >= 15 is 0 Å². The van der Waals surface area contributed by atoms with E-state index in [0.29, 0.717) is 35.5 Å². The van der Waals surface area contributed by atoms with Crippen LogP contribution in [0.25, 0.3) is 10.9 Å². The molecule has 0 N–H and O–H groups in total. The number of carbonyl (C=O) groups is 2. The highest BCUT2D eigenvalue weighted by molar-refractivity contribution is 5.99. The number of halogens is 1. The highest BCUT2D eigenvalue weighted by Gasteiger charge is 2.46. The van der Waals surface area contributed by atoms with E-state index in [2.05, 4.69) is 6.92 Å². The standard InChI is InChI=1S/C24H23FN2O3/c1-10-4-5-13-11(2)17(25)7-18-21(13)20(10)15-8-27-19(22(15)26-18)6-14-12(3)24(29)30-9-16(14)23(27)28/h7,10,12,19H,4-6,8-9H2,1-3H3/t10?,12-,19?/m1/s1. The summed E-state index contributed by atoms with van der Waals surface area (Å²) in [6, 6.07) is 1.36. The van der Waals surface area contributed by atoms with E-state index in [1.165, 1.54) is 5.56 Å². The second kappa shape index (κ2) is 5.90. The summed E-state index contributed by atoms with van der Waals surface area (Å²) >= 11 is 0. The van der Waals surface area contributed by atoms with Crippen molar-refractivity contribution in [1.82, 2.24) is 9.88 Å². The van der Waals surface area contributed by atoms with E-state index in [-0.39, 0.29) is 30.3 Å². The van der Waals surface area contributed by atoms with Crippen molar-refractivity contribution in [3.05, 3.63) is 51.0 Å². The normalized spacial score (nSPS) is 27.2. The minimum atomic E-state index is -0.409. The lowest BCUT2D eigenvalue weighted by Crippen LogP contribution is -2.41. The molecule has 1 amide bonds. The van der Waals surface area contributed by atoms with Crippen molar-refractivity contribution < 1.29 is 18.7 Å². The van der Waals surface area contributed by atoms with Crippen molar-refractivity contribution in [1.29, 1.82) is 0 Å². The highest BCUT2D eigenvalue weighted by Crippen LogP contribution is 2.50. The molecular weight excluding hydrogens is 383 g/mol. The number of carbonyl (C=O) groups excluding carboxylic acids is 2. The minimum Gasteiger partial charge on any atom is -0.460 e. The fourth-order valence-electron chi connectivity index (χ4n) is 5.96. The minimum absolute atomic E-state index is 0.0547. The van der Waals surface area contributed by atoms with Crippen LogP contribution in [0.2, 0.25) is 0 Å². The number of aromatic nitrogens is 1. The number of hydrogen-bond acceptors (Lipinski definition) is 4. The molecule has 4 heterocycles. The number of cyclic esters (lactones) is 1. The van der Waals surface area contributed by atoms with Crippen LogP contribution in [0.4, 0.5) is 4.39 Å². The molecule has 1 aromatic carbocycles. The Labute approximate surface area is 173 Å². The van der Waals surface area contributed by atoms with Crippen LogP contribution >= 0.6 is 0 Å². The molecule has 0 bridgehead atoms. The van der Waals surface area contributed by atoms with Crippen LogP contribution in [0.3, 0.4) is 0 Å². The molecule has 4 aliphatic rings. The van der Waals surface area contributed by atoms with Gasteiger partial charge in [-0.05, 0) is 66.9 Å². The van der Waals surface area contributed by atoms with Crippen LogP contribution in [0.5, 0.6) is 0 Å². The summed E-state index contributed by atoms with van der Waals surface area (Å²) in [5.41, 5.74) is 7.22. The Kier molecular flexibility index (Phi) is 3.55. The van der Waals surface area contributed by atoms with Gasteiger partial charge in [0.2, 0.25) is 0 Å². The molecule has 30 heavy (non-hydrogen) atoms. The summed E-state index contributed by atoms with van der Waals surface area (Å²) in [7, 11) is 0. The van der Waals surface area contributed by atoms with Gasteiger partial charge >= 0.3 is 5.97 Å². The zero-order valence-electron chi connectivity index (χ0n) is 17.3. The number of ether oxygens (including phenoxy) is 1. The van der Waals surface area contributed by atoms with E-state index in [4.69, 9.17) is 9.72 Å². The Morgan fingerprint density at radius 1 is 1.23 bits per heavy atom. The molecule has 1 aliphatic carbocycles. The maximum absolute atomic E-state index is 14.6. The van der Waals surface area contributed by atoms with E-state index in [1.54, 1.807) is 13.0 Å². The van der Waals surface area contributed by atoms with E-state index < -0.39 is 5.92 Å². The molecule has 0 saturated heterocycles. The zero-order chi connectivity index (χ0) is 20.9. The summed E-state index contributed by atoms with van der Waals surface area (Å²) in [6.45, 7) is 6.45. The molecular formula is C24H23FN2O3. The van der Waals surface area contributed by atoms with Crippen LogP contribution in [-0.2, 0) is 27.3 Å². The number of fused-ring (bicyclic) bond motifs is 4. The lowest BCUT2D eigenvalue weighted by Gasteiger charge is -2.36. The number of rotatable bonds is 0. The van der Waals surface area contributed by atoms with Crippen molar-refractivity contribution in [2.24, 2.45) is 5.92 Å². The predicted molar refractivity (Wildman–Crippen MR) is 108 cm³/mol. The lowest BCUT2D eigenvalue weighted by molar-refractivity contribution is -0.149. The number of nitrogens with zero attached hydrogens (tertiary/aromatic N) is 2. The van der Waals surface area contributed by atoms with Gasteiger partial charge in [-0.1, -0.05) is 6.92 Å². The molecule has 0 radical (unpaired) electrons. The first kappa shape index (κ1) is 18.0. The molecule has 154 valence electrons. The molecule has 0 spiro atoms. The molecule has 3 aliphatic heterocycles. The van der Waals surface area contributed by atoms with Gasteiger partial charge in [0, 0.05) is 18.0 Å². The summed E-state index contributed by atoms with van der Waals surface area (Å²) < 4.78 is 19.9. The van der Waals surface area contributed by atoms with Crippen LogP contribution in [0, 0.1) is 18.7 Å². The number of pyridine rings is 1. The summed E-state index contributed by atoms with van der Waals surface area (Å²) in [4.78, 5) is 32.2. The number of amides is 1. The Morgan fingerprint density at radius 2 is 2.03 bits per heavy atom. The van der Waals surface area contributed by atoms with Crippen molar-refractivity contribution in [3.8, 4) is 0 Å². The third-order valence-corrected chi connectivity index (χ3v) is 7.67. The van der Waals surface area contributed by atoms with Gasteiger partial charge in [0.15, 0.2) is 0 Å². The van der Waals surface area contributed by atoms with Gasteiger partial charge in [-0.3, -0.25) is 14.6 Å². The smallest absolute Gasteiger partial charge is 0.313 e. The quantitative estimate of drug-likeness (QED) is 0.621. The van der Waals surface area contributed by atoms with Crippen molar-refractivity contribution in [2.75, 3.05) is 6.61 Å². The van der Waals surface area contributed by atoms with E-state index in [9.17, 15) is 14.0 Å². The van der Waals surface area contributed by atoms with Gasteiger partial charge in [-0.2, -0.15) is 0 Å². The first-order valence-electron chi connectivity index (χ1n) is 10.7. The number of hydrogen-bond donors (Lipinski definition) is 0. The Balaban J connectivity index is 1.57. The molecule has 1 aromatic heterocycles. The summed E-state index contributed by atoms with van der Waals surface area (Å²) in [5.74, 6) is -0.613. The van der Waals surface area contributed by atoms with Crippen LogP contribution in [0.1, 0.15) is 66.6 Å². The molecule has 0 fully saturated rings. The van der Waals surface area contributed by atoms with Gasteiger partial charge in [0.1, 0.15) is 12.4 Å². The van der Waals surface area contributed by atoms with E-state index in [1.807, 2.05) is 11.8 Å². The molecule has 3 atom stereocenters. The van der Waals surface area contributed by atoms with Gasteiger partial charge in [-0.15, -0.1) is 0 Å². The number of esters is 1. The number of benzene rings is 1. The molecule has 6 rings (SSSR count). The molecule has 5 nitrogen and oxygen atoms in total. The SMILES string of the molecule is Cc1c(F)cc2nc3c(c4c2c1CCC4C)CN1C(=O)C2=C(CC31)[C@@H](C)C(=O)OC2. The average molecular weight is 406 g/mol. The largest absolute Gasteiger partial charge is 0.460 e. The van der Waals surface area contributed by atoms with Gasteiger partial charge < -0.3 is 9.64 Å². The Morgan fingerprint density at radius 3 is 2.83 bits per heavy atom. The van der Waals surface area contributed by atoms with Crippen molar-refractivity contribution >= 4 is 22.8 Å². The number of aryl methyl sites for hydroxylation is 1. The molecule has 0 saturated carbocycles. The average Bonchev–Trinajstić information content (AvgIpc) is 3.09. The maximum Gasteiger partial charge on any atom is 0.313 e. The monoisotopic (exact) mass is 406 g/mol. The zero-order valence-corrected chi connectivity index (χ0v) is 17.3. The predicted octanol–water partition coefficient (Wildman–Crippen LogP) is 4.01. The van der Waals surface area contributed by atoms with E-state index in [0.717, 1.165) is 40.6 Å². The highest BCUT2D eigenvalue weighted by atomic mass is 19.1. The summed E-state index contributed by atoms with van der Waals surface area (Å²) in [6.07, 6.45) is 2.42. The topological polar surface area (TPSA) is 59.5 Å². The van der Waals surface area contributed by atoms with Crippen LogP contribution in [-0.4, -0.2) is 28.4 Å². The molecule has 2 unspecified atom stereocenters.